The Hall–Kier alpha value is -0.550. The number of rotatable bonds is 2. The molecule has 0 aliphatic carbocycles. The number of hydrogen-bond donors (Lipinski definition) is 0. The Morgan fingerprint density at radius 3 is 2.93 bits per heavy atom. The average Bonchev–Trinajstić information content (AvgIpc) is 2.70. The van der Waals surface area contributed by atoms with Crippen LogP contribution in [0.2, 0.25) is 0 Å². The standard InChI is InChI=1S/C8H10ClNO3S/c9-3-8-10-4-7(13-8)6-1-2-14(11,12)5-6/h4,6H,1-3,5H2. The first kappa shape index (κ1) is 9.98. The molecule has 1 fully saturated rings. The number of hydrogen-bond acceptors (Lipinski definition) is 4. The molecule has 0 spiro atoms. The van der Waals surface area contributed by atoms with Crippen LogP contribution in [0.15, 0.2) is 10.6 Å². The lowest BCUT2D eigenvalue weighted by Gasteiger charge is -2.00. The molecular weight excluding hydrogens is 226 g/mol. The second kappa shape index (κ2) is 3.55. The largest absolute Gasteiger partial charge is 0.444 e. The summed E-state index contributed by atoms with van der Waals surface area (Å²) in [6, 6.07) is 0. The molecule has 1 aliphatic rings. The van der Waals surface area contributed by atoms with Crippen LogP contribution in [0.25, 0.3) is 0 Å². The Kier molecular flexibility index (Phi) is 2.53. The van der Waals surface area contributed by atoms with E-state index in [1.807, 2.05) is 0 Å². The predicted octanol–water partition coefficient (Wildman–Crippen LogP) is 1.32. The predicted molar refractivity (Wildman–Crippen MR) is 52.1 cm³/mol. The van der Waals surface area contributed by atoms with Gasteiger partial charge in [-0.3, -0.25) is 0 Å². The molecule has 0 radical (unpaired) electrons. The number of nitrogens with zero attached hydrogens (tertiary/aromatic N) is 1. The van der Waals surface area contributed by atoms with Crippen molar-refractivity contribution in [2.75, 3.05) is 11.5 Å². The van der Waals surface area contributed by atoms with Crippen LogP contribution in [0.1, 0.15) is 24.0 Å². The Balaban J connectivity index is 2.17. The molecule has 2 heterocycles. The van der Waals surface area contributed by atoms with Crippen molar-refractivity contribution in [1.82, 2.24) is 4.98 Å². The quantitative estimate of drug-likeness (QED) is 0.726. The zero-order chi connectivity index (χ0) is 10.2. The van der Waals surface area contributed by atoms with Gasteiger partial charge in [-0.15, -0.1) is 11.6 Å². The lowest BCUT2D eigenvalue weighted by molar-refractivity contribution is 0.445. The molecule has 0 bridgehead atoms. The summed E-state index contributed by atoms with van der Waals surface area (Å²) in [4.78, 5) is 3.93. The van der Waals surface area contributed by atoms with Crippen molar-refractivity contribution < 1.29 is 12.8 Å². The van der Waals surface area contributed by atoms with Crippen LogP contribution in [-0.2, 0) is 15.7 Å². The van der Waals surface area contributed by atoms with Crippen molar-refractivity contribution in [2.45, 2.75) is 18.2 Å². The SMILES string of the molecule is O=S1(=O)CCC(c2cnc(CCl)o2)C1. The van der Waals surface area contributed by atoms with Gasteiger partial charge in [-0.1, -0.05) is 0 Å². The minimum absolute atomic E-state index is 0.0375. The summed E-state index contributed by atoms with van der Waals surface area (Å²) in [5.74, 6) is 1.69. The number of alkyl halides is 1. The normalized spacial score (nSPS) is 25.4. The van der Waals surface area contributed by atoms with Gasteiger partial charge in [0.1, 0.15) is 5.76 Å². The van der Waals surface area contributed by atoms with E-state index >= 15 is 0 Å². The van der Waals surface area contributed by atoms with Gasteiger partial charge in [0.2, 0.25) is 5.89 Å². The number of oxazole rings is 1. The Morgan fingerprint density at radius 2 is 2.43 bits per heavy atom. The van der Waals surface area contributed by atoms with Gasteiger partial charge < -0.3 is 4.42 Å². The van der Waals surface area contributed by atoms with Gasteiger partial charge in [0, 0.05) is 5.92 Å². The van der Waals surface area contributed by atoms with E-state index in [1.54, 1.807) is 6.20 Å². The zero-order valence-corrected chi connectivity index (χ0v) is 9.01. The minimum Gasteiger partial charge on any atom is -0.444 e. The molecule has 0 aromatic carbocycles. The van der Waals surface area contributed by atoms with Crippen molar-refractivity contribution in [3.8, 4) is 0 Å². The van der Waals surface area contributed by atoms with Gasteiger partial charge in [0.15, 0.2) is 9.84 Å². The topological polar surface area (TPSA) is 60.2 Å². The summed E-state index contributed by atoms with van der Waals surface area (Å²) in [6.07, 6.45) is 2.20. The van der Waals surface area contributed by atoms with Crippen molar-refractivity contribution >= 4 is 21.4 Å². The third-order valence-corrected chi connectivity index (χ3v) is 4.32. The first-order valence-corrected chi connectivity index (χ1v) is 6.67. The summed E-state index contributed by atoms with van der Waals surface area (Å²) in [5.41, 5.74) is 0. The highest BCUT2D eigenvalue weighted by atomic mass is 35.5. The second-order valence-electron chi connectivity index (χ2n) is 3.39. The van der Waals surface area contributed by atoms with E-state index in [4.69, 9.17) is 16.0 Å². The van der Waals surface area contributed by atoms with Gasteiger partial charge in [-0.25, -0.2) is 13.4 Å². The second-order valence-corrected chi connectivity index (χ2v) is 5.89. The van der Waals surface area contributed by atoms with Gasteiger partial charge in [0.25, 0.3) is 0 Å². The molecule has 6 heteroatoms. The Bertz CT molecular complexity index is 426. The monoisotopic (exact) mass is 235 g/mol. The molecule has 1 atom stereocenters. The van der Waals surface area contributed by atoms with Gasteiger partial charge >= 0.3 is 0 Å². The van der Waals surface area contributed by atoms with Gasteiger partial charge in [-0.2, -0.15) is 0 Å². The highest BCUT2D eigenvalue weighted by Crippen LogP contribution is 2.29. The van der Waals surface area contributed by atoms with Crippen LogP contribution in [-0.4, -0.2) is 24.9 Å². The maximum Gasteiger partial charge on any atom is 0.209 e. The summed E-state index contributed by atoms with van der Waals surface area (Å²) < 4.78 is 27.7. The molecular formula is C8H10ClNO3S. The molecule has 1 aliphatic heterocycles. The fourth-order valence-corrected chi connectivity index (χ4v) is 3.47. The summed E-state index contributed by atoms with van der Waals surface area (Å²) >= 11 is 5.53. The van der Waals surface area contributed by atoms with Crippen molar-refractivity contribution in [3.63, 3.8) is 0 Å². The third kappa shape index (κ3) is 1.93. The van der Waals surface area contributed by atoms with E-state index < -0.39 is 9.84 Å². The van der Waals surface area contributed by atoms with Crippen LogP contribution < -0.4 is 0 Å². The first-order valence-electron chi connectivity index (χ1n) is 4.32. The summed E-state index contributed by atoms with van der Waals surface area (Å²) in [5, 5.41) is 0. The highest BCUT2D eigenvalue weighted by molar-refractivity contribution is 7.91. The van der Waals surface area contributed by atoms with E-state index in [0.717, 1.165) is 0 Å². The highest BCUT2D eigenvalue weighted by Gasteiger charge is 2.31. The molecule has 0 N–H and O–H groups in total. The number of halogens is 1. The Morgan fingerprint density at radius 1 is 1.64 bits per heavy atom. The van der Waals surface area contributed by atoms with Crippen LogP contribution >= 0.6 is 11.6 Å². The van der Waals surface area contributed by atoms with Crippen LogP contribution in [0.3, 0.4) is 0 Å². The molecule has 1 aromatic heterocycles. The summed E-state index contributed by atoms with van der Waals surface area (Å²) in [6.45, 7) is 0. The van der Waals surface area contributed by atoms with E-state index in [-0.39, 0.29) is 23.3 Å². The molecule has 4 nitrogen and oxygen atoms in total. The molecule has 1 saturated heterocycles. The fraction of sp³-hybridized carbons (Fsp3) is 0.625. The van der Waals surface area contributed by atoms with E-state index in [9.17, 15) is 8.42 Å². The van der Waals surface area contributed by atoms with E-state index in [1.165, 1.54) is 0 Å². The van der Waals surface area contributed by atoms with Crippen molar-refractivity contribution in [2.24, 2.45) is 0 Å². The molecule has 78 valence electrons. The van der Waals surface area contributed by atoms with E-state index in [0.29, 0.717) is 18.1 Å². The molecule has 0 amide bonds. The molecule has 0 saturated carbocycles. The van der Waals surface area contributed by atoms with Crippen molar-refractivity contribution in [3.05, 3.63) is 17.8 Å². The van der Waals surface area contributed by atoms with E-state index in [2.05, 4.69) is 4.98 Å². The maximum absolute atomic E-state index is 11.2. The van der Waals surface area contributed by atoms with Crippen LogP contribution in [0, 0.1) is 0 Å². The maximum atomic E-state index is 11.2. The molecule has 14 heavy (non-hydrogen) atoms. The fourth-order valence-electron chi connectivity index (χ4n) is 1.59. The third-order valence-electron chi connectivity index (χ3n) is 2.32. The van der Waals surface area contributed by atoms with Crippen molar-refractivity contribution in [1.29, 1.82) is 0 Å². The first-order chi connectivity index (χ1) is 6.61. The summed E-state index contributed by atoms with van der Waals surface area (Å²) in [7, 11) is -2.86. The molecule has 2 rings (SSSR count). The Labute approximate surface area is 87.2 Å². The van der Waals surface area contributed by atoms with Crippen LogP contribution in [0.4, 0.5) is 0 Å². The van der Waals surface area contributed by atoms with Crippen LogP contribution in [0.5, 0.6) is 0 Å². The lowest BCUT2D eigenvalue weighted by Crippen LogP contribution is -2.02. The zero-order valence-electron chi connectivity index (χ0n) is 7.44. The van der Waals surface area contributed by atoms with Gasteiger partial charge in [-0.05, 0) is 6.42 Å². The smallest absolute Gasteiger partial charge is 0.209 e. The minimum atomic E-state index is -2.86. The average molecular weight is 236 g/mol. The number of sulfone groups is 1. The molecule has 1 aromatic rings. The molecule has 1 unspecified atom stereocenters. The number of aromatic nitrogens is 1. The lowest BCUT2D eigenvalue weighted by atomic mass is 10.1. The van der Waals surface area contributed by atoms with Gasteiger partial charge in [0.05, 0.1) is 23.6 Å².